The molecule has 2 N–H and O–H groups in total. The molecule has 0 amide bonds. The molecule has 1 atom stereocenters. The van der Waals surface area contributed by atoms with Crippen LogP contribution in [0.2, 0.25) is 0 Å². The van der Waals surface area contributed by atoms with E-state index >= 15 is 0 Å². The summed E-state index contributed by atoms with van der Waals surface area (Å²) in [4.78, 5) is 19.4. The van der Waals surface area contributed by atoms with E-state index in [2.05, 4.69) is 16.0 Å². The minimum Gasteiger partial charge on any atom is -0.355 e. The standard InChI is InChI=1S/C19H20N6O/c20-8-14-4-1-2-5-15(14)10-25-18(23-7-3-6-16(21)11-23)12-24-13-22-9-17(24)19(25)26/h1-2,4-5,9,12-13,16H,3,6-7,10-11,21H2/t16-/m1/s1. The largest absolute Gasteiger partial charge is 0.355 e. The number of rotatable bonds is 3. The second-order valence-corrected chi connectivity index (χ2v) is 6.68. The molecule has 0 bridgehead atoms. The van der Waals surface area contributed by atoms with Crippen LogP contribution >= 0.6 is 0 Å². The molecule has 1 aliphatic rings. The summed E-state index contributed by atoms with van der Waals surface area (Å²) in [6.07, 6.45) is 7.12. The van der Waals surface area contributed by atoms with Crippen molar-refractivity contribution in [1.29, 1.82) is 5.26 Å². The number of benzene rings is 1. The lowest BCUT2D eigenvalue weighted by Gasteiger charge is -2.34. The molecule has 1 aliphatic heterocycles. The Bertz CT molecular complexity index is 1040. The fourth-order valence-electron chi connectivity index (χ4n) is 3.57. The van der Waals surface area contributed by atoms with Crippen molar-refractivity contribution in [3.8, 4) is 6.07 Å². The summed E-state index contributed by atoms with van der Waals surface area (Å²) in [5.41, 5.74) is 7.95. The normalized spacial score (nSPS) is 17.4. The van der Waals surface area contributed by atoms with E-state index in [4.69, 9.17) is 5.73 Å². The zero-order valence-electron chi connectivity index (χ0n) is 14.4. The summed E-state index contributed by atoms with van der Waals surface area (Å²) in [6, 6.07) is 9.67. The highest BCUT2D eigenvalue weighted by atomic mass is 16.1. The maximum atomic E-state index is 13.1. The zero-order chi connectivity index (χ0) is 18.1. The number of aromatic nitrogens is 3. The van der Waals surface area contributed by atoms with Gasteiger partial charge in [-0.2, -0.15) is 5.26 Å². The SMILES string of the molecule is N#Cc1ccccc1Cn1c(N2CCC[C@@H](N)C2)cn2cncc2c1=O. The highest BCUT2D eigenvalue weighted by molar-refractivity contribution is 5.50. The molecule has 7 nitrogen and oxygen atoms in total. The van der Waals surface area contributed by atoms with Crippen molar-refractivity contribution in [3.63, 3.8) is 0 Å². The molecule has 1 fully saturated rings. The Hall–Kier alpha value is -3.11. The summed E-state index contributed by atoms with van der Waals surface area (Å²) >= 11 is 0. The molecule has 0 saturated carbocycles. The number of nitriles is 1. The zero-order valence-corrected chi connectivity index (χ0v) is 14.4. The number of imidazole rings is 1. The Kier molecular flexibility index (Phi) is 4.19. The van der Waals surface area contributed by atoms with Gasteiger partial charge in [-0.15, -0.1) is 0 Å². The summed E-state index contributed by atoms with van der Waals surface area (Å²) in [5, 5.41) is 9.38. The van der Waals surface area contributed by atoms with Crippen LogP contribution in [0.3, 0.4) is 0 Å². The van der Waals surface area contributed by atoms with Crippen LogP contribution < -0.4 is 16.2 Å². The van der Waals surface area contributed by atoms with Crippen molar-refractivity contribution in [2.24, 2.45) is 5.73 Å². The van der Waals surface area contributed by atoms with Crippen LogP contribution in [-0.4, -0.2) is 33.1 Å². The molecule has 0 unspecified atom stereocenters. The highest BCUT2D eigenvalue weighted by Crippen LogP contribution is 2.21. The number of fused-ring (bicyclic) bond motifs is 1. The van der Waals surface area contributed by atoms with Crippen LogP contribution in [0.4, 0.5) is 5.82 Å². The molecule has 132 valence electrons. The van der Waals surface area contributed by atoms with Gasteiger partial charge in [0.05, 0.1) is 36.9 Å². The van der Waals surface area contributed by atoms with Gasteiger partial charge >= 0.3 is 0 Å². The van der Waals surface area contributed by atoms with E-state index in [0.717, 1.165) is 30.8 Å². The van der Waals surface area contributed by atoms with E-state index in [1.807, 2.05) is 24.4 Å². The van der Waals surface area contributed by atoms with Crippen molar-refractivity contribution < 1.29 is 0 Å². The Morgan fingerprint density at radius 3 is 3.00 bits per heavy atom. The Labute approximate surface area is 150 Å². The average Bonchev–Trinajstić information content (AvgIpc) is 3.13. The van der Waals surface area contributed by atoms with Gasteiger partial charge in [0.25, 0.3) is 5.56 Å². The lowest BCUT2D eigenvalue weighted by molar-refractivity contribution is 0.495. The van der Waals surface area contributed by atoms with Gasteiger partial charge in [-0.25, -0.2) is 4.98 Å². The van der Waals surface area contributed by atoms with Crippen LogP contribution in [0, 0.1) is 11.3 Å². The monoisotopic (exact) mass is 348 g/mol. The predicted octanol–water partition coefficient (Wildman–Crippen LogP) is 1.34. The number of hydrogen-bond donors (Lipinski definition) is 1. The number of nitrogens with zero attached hydrogens (tertiary/aromatic N) is 5. The Morgan fingerprint density at radius 1 is 1.35 bits per heavy atom. The van der Waals surface area contributed by atoms with Crippen molar-refractivity contribution in [1.82, 2.24) is 14.0 Å². The van der Waals surface area contributed by atoms with Crippen LogP contribution in [0.25, 0.3) is 5.52 Å². The Balaban J connectivity index is 1.86. The van der Waals surface area contributed by atoms with Crippen LogP contribution in [0.15, 0.2) is 47.8 Å². The lowest BCUT2D eigenvalue weighted by Crippen LogP contribution is -2.45. The first-order valence-electron chi connectivity index (χ1n) is 8.71. The van der Waals surface area contributed by atoms with E-state index in [-0.39, 0.29) is 11.6 Å². The van der Waals surface area contributed by atoms with Gasteiger partial charge in [0.2, 0.25) is 0 Å². The number of nitrogens with two attached hydrogens (primary N) is 1. The number of hydrogen-bond acceptors (Lipinski definition) is 5. The van der Waals surface area contributed by atoms with E-state index in [1.54, 1.807) is 27.6 Å². The van der Waals surface area contributed by atoms with Gasteiger partial charge in [0, 0.05) is 19.1 Å². The molecule has 0 radical (unpaired) electrons. The van der Waals surface area contributed by atoms with E-state index in [9.17, 15) is 10.1 Å². The quantitative estimate of drug-likeness (QED) is 0.771. The van der Waals surface area contributed by atoms with Gasteiger partial charge in [-0.05, 0) is 24.5 Å². The van der Waals surface area contributed by atoms with Gasteiger partial charge < -0.3 is 10.6 Å². The van der Waals surface area contributed by atoms with Crippen LogP contribution in [0.1, 0.15) is 24.0 Å². The topological polar surface area (TPSA) is 92.3 Å². The summed E-state index contributed by atoms with van der Waals surface area (Å²) in [7, 11) is 0. The molecule has 26 heavy (non-hydrogen) atoms. The molecule has 7 heteroatoms. The van der Waals surface area contributed by atoms with E-state index < -0.39 is 0 Å². The molecule has 3 heterocycles. The fraction of sp³-hybridized carbons (Fsp3) is 0.316. The average molecular weight is 348 g/mol. The molecular formula is C19H20N6O. The smallest absolute Gasteiger partial charge is 0.278 e. The molecule has 0 spiro atoms. The summed E-state index contributed by atoms with van der Waals surface area (Å²) in [5.74, 6) is 0.809. The molecule has 3 aromatic rings. The minimum atomic E-state index is -0.119. The predicted molar refractivity (Wildman–Crippen MR) is 99.1 cm³/mol. The first-order valence-corrected chi connectivity index (χ1v) is 8.71. The van der Waals surface area contributed by atoms with Crippen molar-refractivity contribution >= 4 is 11.3 Å². The van der Waals surface area contributed by atoms with Gasteiger partial charge in [0.1, 0.15) is 11.3 Å². The van der Waals surface area contributed by atoms with Crippen LogP contribution in [0.5, 0.6) is 0 Å². The first kappa shape index (κ1) is 16.4. The third-order valence-electron chi connectivity index (χ3n) is 4.91. The maximum Gasteiger partial charge on any atom is 0.278 e. The molecule has 4 rings (SSSR count). The van der Waals surface area contributed by atoms with Gasteiger partial charge in [-0.3, -0.25) is 13.8 Å². The van der Waals surface area contributed by atoms with Crippen LogP contribution in [-0.2, 0) is 6.54 Å². The van der Waals surface area contributed by atoms with E-state index in [0.29, 0.717) is 24.2 Å². The third kappa shape index (κ3) is 2.85. The minimum absolute atomic E-state index is 0.0946. The summed E-state index contributed by atoms with van der Waals surface area (Å²) in [6.45, 7) is 1.90. The van der Waals surface area contributed by atoms with Crippen molar-refractivity contribution in [2.45, 2.75) is 25.4 Å². The maximum absolute atomic E-state index is 13.1. The second-order valence-electron chi connectivity index (χ2n) is 6.68. The molecule has 1 saturated heterocycles. The van der Waals surface area contributed by atoms with Crippen molar-refractivity contribution in [3.05, 3.63) is 64.5 Å². The fourth-order valence-corrected chi connectivity index (χ4v) is 3.57. The molecule has 2 aromatic heterocycles. The van der Waals surface area contributed by atoms with Crippen molar-refractivity contribution in [2.75, 3.05) is 18.0 Å². The van der Waals surface area contributed by atoms with Gasteiger partial charge in [0.15, 0.2) is 0 Å². The highest BCUT2D eigenvalue weighted by Gasteiger charge is 2.22. The summed E-state index contributed by atoms with van der Waals surface area (Å²) < 4.78 is 3.48. The molecule has 0 aliphatic carbocycles. The Morgan fingerprint density at radius 2 is 2.19 bits per heavy atom. The lowest BCUT2D eigenvalue weighted by atomic mass is 10.1. The number of piperidine rings is 1. The second kappa shape index (κ2) is 6.65. The third-order valence-corrected chi connectivity index (χ3v) is 4.91. The van der Waals surface area contributed by atoms with Gasteiger partial charge in [-0.1, -0.05) is 18.2 Å². The molecule has 1 aromatic carbocycles. The number of anilines is 1. The first-order chi connectivity index (χ1) is 12.7. The molecular weight excluding hydrogens is 328 g/mol. The van der Waals surface area contributed by atoms with E-state index in [1.165, 1.54) is 0 Å².